The summed E-state index contributed by atoms with van der Waals surface area (Å²) in [5.41, 5.74) is 2.14. The average molecular weight is 364 g/mol. The molecule has 4 nitrogen and oxygen atoms in total. The van der Waals surface area contributed by atoms with Crippen LogP contribution in [0.25, 0.3) is 0 Å². The summed E-state index contributed by atoms with van der Waals surface area (Å²) in [4.78, 5) is 25.1. The summed E-state index contributed by atoms with van der Waals surface area (Å²) in [5.74, 6) is -0.278. The molecule has 1 aliphatic rings. The minimum Gasteiger partial charge on any atom is -0.355 e. The van der Waals surface area contributed by atoms with Gasteiger partial charge >= 0.3 is 0 Å². The van der Waals surface area contributed by atoms with Gasteiger partial charge < -0.3 is 14.4 Å². The highest BCUT2D eigenvalue weighted by molar-refractivity contribution is 6.31. The molecular weight excluding hydrogens is 349 g/mol. The maximum absolute atomic E-state index is 12.6. The number of amides is 1. The van der Waals surface area contributed by atoms with Crippen molar-refractivity contribution in [2.75, 3.05) is 11.9 Å². The summed E-state index contributed by atoms with van der Waals surface area (Å²) in [6.07, 6.45) is -0.805. The molecule has 24 heavy (non-hydrogen) atoms. The van der Waals surface area contributed by atoms with Gasteiger partial charge in [0.1, 0.15) is 18.5 Å². The predicted octanol–water partition coefficient (Wildman–Crippen LogP) is 4.03. The number of halogens is 2. The summed E-state index contributed by atoms with van der Waals surface area (Å²) in [7, 11) is 1.66. The number of carbonyl (C=O) groups excluding carboxylic acids is 2. The summed E-state index contributed by atoms with van der Waals surface area (Å²) in [6.45, 7) is 0. The van der Waals surface area contributed by atoms with Crippen molar-refractivity contribution in [2.45, 2.75) is 18.6 Å². The van der Waals surface area contributed by atoms with Crippen LogP contribution in [-0.2, 0) is 14.3 Å². The van der Waals surface area contributed by atoms with Crippen LogP contribution < -0.4 is 4.90 Å². The van der Waals surface area contributed by atoms with E-state index in [2.05, 4.69) is 0 Å². The van der Waals surface area contributed by atoms with Gasteiger partial charge in [0.25, 0.3) is 5.91 Å². The maximum atomic E-state index is 12.6. The number of carbonyl (C=O) groups is 2. The van der Waals surface area contributed by atoms with Crippen molar-refractivity contribution < 1.29 is 14.3 Å². The van der Waals surface area contributed by atoms with Crippen LogP contribution in [-0.4, -0.2) is 25.3 Å². The van der Waals surface area contributed by atoms with E-state index in [1.165, 1.54) is 4.90 Å². The molecule has 0 N–H and O–H groups in total. The monoisotopic (exact) mass is 363 g/mol. The minimum absolute atomic E-state index is 0.0220. The molecular formula is C18H15Cl2NO3. The van der Waals surface area contributed by atoms with E-state index in [4.69, 9.17) is 27.9 Å². The molecule has 0 aromatic heterocycles. The van der Waals surface area contributed by atoms with E-state index in [1.54, 1.807) is 31.3 Å². The molecule has 0 unspecified atom stereocenters. The molecule has 2 aromatic rings. The third kappa shape index (κ3) is 3.05. The molecule has 124 valence electrons. The Kier molecular flexibility index (Phi) is 4.90. The SMILES string of the molecule is CN1C(=O)[C@H](CC=O)O[C@@H](c2ccccc2Cl)c2cc(Cl)ccc21. The van der Waals surface area contributed by atoms with Crippen LogP contribution >= 0.6 is 23.2 Å². The van der Waals surface area contributed by atoms with Crippen LogP contribution in [0.2, 0.25) is 10.0 Å². The topological polar surface area (TPSA) is 46.6 Å². The fraction of sp³-hybridized carbons (Fsp3) is 0.222. The van der Waals surface area contributed by atoms with Gasteiger partial charge in [0.15, 0.2) is 0 Å². The molecule has 2 atom stereocenters. The van der Waals surface area contributed by atoms with Gasteiger partial charge in [-0.25, -0.2) is 0 Å². The lowest BCUT2D eigenvalue weighted by Gasteiger charge is -2.21. The second-order valence-electron chi connectivity index (χ2n) is 5.53. The fourth-order valence-electron chi connectivity index (χ4n) is 2.84. The Bertz CT molecular complexity index is 794. The molecule has 3 rings (SSSR count). The van der Waals surface area contributed by atoms with Gasteiger partial charge in [0, 0.05) is 40.3 Å². The fourth-order valence-corrected chi connectivity index (χ4v) is 3.26. The van der Waals surface area contributed by atoms with E-state index in [0.717, 1.165) is 11.1 Å². The standard InChI is InChI=1S/C18H15Cl2NO3/c1-21-15-7-6-11(19)10-13(15)17(12-4-2-3-5-14(12)20)24-16(8-9-22)18(21)23/h2-7,9-10,16-17H,8H2,1H3/t16-,17-/m0/s1. The zero-order valence-corrected chi connectivity index (χ0v) is 14.4. The molecule has 0 aliphatic carbocycles. The van der Waals surface area contributed by atoms with E-state index in [1.807, 2.05) is 18.2 Å². The number of nitrogens with zero attached hydrogens (tertiary/aromatic N) is 1. The van der Waals surface area contributed by atoms with Crippen LogP contribution in [0.4, 0.5) is 5.69 Å². The highest BCUT2D eigenvalue weighted by atomic mass is 35.5. The van der Waals surface area contributed by atoms with Gasteiger partial charge in [-0.05, 0) is 24.3 Å². The number of benzene rings is 2. The number of aldehydes is 1. The predicted molar refractivity (Wildman–Crippen MR) is 93.7 cm³/mol. The van der Waals surface area contributed by atoms with E-state index < -0.39 is 12.2 Å². The van der Waals surface area contributed by atoms with Crippen molar-refractivity contribution in [1.29, 1.82) is 0 Å². The third-order valence-corrected chi connectivity index (χ3v) is 4.62. The molecule has 1 heterocycles. The number of ether oxygens (including phenoxy) is 1. The van der Waals surface area contributed by atoms with E-state index in [9.17, 15) is 9.59 Å². The first-order chi connectivity index (χ1) is 11.5. The average Bonchev–Trinajstić information content (AvgIpc) is 2.66. The minimum atomic E-state index is -0.875. The summed E-state index contributed by atoms with van der Waals surface area (Å²) in [5, 5.41) is 1.05. The van der Waals surface area contributed by atoms with Crippen molar-refractivity contribution in [1.82, 2.24) is 0 Å². The molecule has 0 saturated heterocycles. The van der Waals surface area contributed by atoms with Gasteiger partial charge in [0.2, 0.25) is 0 Å². The Hall–Kier alpha value is -1.88. The third-order valence-electron chi connectivity index (χ3n) is 4.04. The lowest BCUT2D eigenvalue weighted by Crippen LogP contribution is -2.36. The molecule has 6 heteroatoms. The second-order valence-corrected chi connectivity index (χ2v) is 6.37. The van der Waals surface area contributed by atoms with E-state index in [-0.39, 0.29) is 12.3 Å². The molecule has 0 saturated carbocycles. The lowest BCUT2D eigenvalue weighted by molar-refractivity contribution is -0.134. The number of rotatable bonds is 3. The Morgan fingerprint density at radius 1 is 1.17 bits per heavy atom. The molecule has 0 bridgehead atoms. The maximum Gasteiger partial charge on any atom is 0.256 e. The van der Waals surface area contributed by atoms with Gasteiger partial charge in [-0.15, -0.1) is 0 Å². The summed E-state index contributed by atoms with van der Waals surface area (Å²) in [6, 6.07) is 12.5. The van der Waals surface area contributed by atoms with E-state index in [0.29, 0.717) is 22.0 Å². The second kappa shape index (κ2) is 6.93. The van der Waals surface area contributed by atoms with Crippen LogP contribution in [0.3, 0.4) is 0 Å². The van der Waals surface area contributed by atoms with E-state index >= 15 is 0 Å². The quantitative estimate of drug-likeness (QED) is 0.773. The van der Waals surface area contributed by atoms with Crippen molar-refractivity contribution in [3.63, 3.8) is 0 Å². The Morgan fingerprint density at radius 3 is 2.62 bits per heavy atom. The van der Waals surface area contributed by atoms with Gasteiger partial charge in [-0.2, -0.15) is 0 Å². The van der Waals surface area contributed by atoms with Crippen molar-refractivity contribution in [3.8, 4) is 0 Å². The first-order valence-electron chi connectivity index (χ1n) is 7.43. The highest BCUT2D eigenvalue weighted by Gasteiger charge is 2.35. The smallest absolute Gasteiger partial charge is 0.256 e. The van der Waals surface area contributed by atoms with Gasteiger partial charge in [-0.1, -0.05) is 41.4 Å². The Labute approximate surface area is 149 Å². The first-order valence-corrected chi connectivity index (χ1v) is 8.19. The Morgan fingerprint density at radius 2 is 1.92 bits per heavy atom. The first kappa shape index (κ1) is 17.0. The number of likely N-dealkylation sites (N-methyl/N-ethyl adjacent to an activating group) is 1. The van der Waals surface area contributed by atoms with Crippen LogP contribution in [0.15, 0.2) is 42.5 Å². The molecule has 0 spiro atoms. The lowest BCUT2D eigenvalue weighted by atomic mass is 9.99. The number of fused-ring (bicyclic) bond motifs is 1. The number of hydrogen-bond donors (Lipinski definition) is 0. The molecule has 1 amide bonds. The van der Waals surface area contributed by atoms with Crippen LogP contribution in [0.5, 0.6) is 0 Å². The zero-order chi connectivity index (χ0) is 17.3. The normalized spacial score (nSPS) is 20.5. The molecule has 0 radical (unpaired) electrons. The van der Waals surface area contributed by atoms with Gasteiger partial charge in [-0.3, -0.25) is 4.79 Å². The largest absolute Gasteiger partial charge is 0.355 e. The summed E-state index contributed by atoms with van der Waals surface area (Å²) < 4.78 is 6.02. The molecule has 1 aliphatic heterocycles. The van der Waals surface area contributed by atoms with Crippen molar-refractivity contribution in [3.05, 3.63) is 63.6 Å². The van der Waals surface area contributed by atoms with Crippen molar-refractivity contribution in [2.24, 2.45) is 0 Å². The van der Waals surface area contributed by atoms with Crippen molar-refractivity contribution >= 4 is 41.1 Å². The van der Waals surface area contributed by atoms with Crippen LogP contribution in [0, 0.1) is 0 Å². The summed E-state index contributed by atoms with van der Waals surface area (Å²) >= 11 is 12.5. The van der Waals surface area contributed by atoms with Crippen LogP contribution in [0.1, 0.15) is 23.7 Å². The molecule has 0 fully saturated rings. The number of anilines is 1. The Balaban J connectivity index is 2.20. The molecule has 2 aromatic carbocycles. The highest BCUT2D eigenvalue weighted by Crippen LogP contribution is 2.41. The number of hydrogen-bond acceptors (Lipinski definition) is 3. The van der Waals surface area contributed by atoms with Gasteiger partial charge in [0.05, 0.1) is 0 Å². The zero-order valence-electron chi connectivity index (χ0n) is 12.9.